The Kier molecular flexibility index (Phi) is 6.03. The molecule has 160 valence electrons. The van der Waals surface area contributed by atoms with Crippen molar-refractivity contribution in [2.24, 2.45) is 13.0 Å². The molecule has 2 aromatic carbocycles. The molecule has 1 fully saturated rings. The zero-order chi connectivity index (χ0) is 22.0. The lowest BCUT2D eigenvalue weighted by Crippen LogP contribution is -2.43. The van der Waals surface area contributed by atoms with Crippen molar-refractivity contribution in [1.82, 2.24) is 14.7 Å². The number of carbonyl (C=O) groups is 1. The number of amides is 1. The average molecular weight is 416 g/mol. The Bertz CT molecular complexity index is 1070. The van der Waals surface area contributed by atoms with Gasteiger partial charge < -0.3 is 4.90 Å². The summed E-state index contributed by atoms with van der Waals surface area (Å²) in [6, 6.07) is 21.0. The van der Waals surface area contributed by atoms with Crippen LogP contribution >= 0.6 is 0 Å². The summed E-state index contributed by atoms with van der Waals surface area (Å²) in [5, 5.41) is 4.25. The first kappa shape index (κ1) is 21.0. The van der Waals surface area contributed by atoms with Crippen LogP contribution in [0.4, 0.5) is 0 Å². The van der Waals surface area contributed by atoms with Gasteiger partial charge in [-0.25, -0.2) is 0 Å². The van der Waals surface area contributed by atoms with Crippen LogP contribution in [0.15, 0.2) is 71.7 Å². The molecule has 1 aliphatic heterocycles. The van der Waals surface area contributed by atoms with Crippen LogP contribution in [0.25, 0.3) is 0 Å². The highest BCUT2D eigenvalue weighted by molar-refractivity contribution is 5.92. The fourth-order valence-corrected chi connectivity index (χ4v) is 4.97. The summed E-state index contributed by atoms with van der Waals surface area (Å²) in [5.74, 6) is 0.0949. The Morgan fingerprint density at radius 1 is 1.03 bits per heavy atom. The Morgan fingerprint density at radius 3 is 2.19 bits per heavy atom. The minimum atomic E-state index is -0.274. The summed E-state index contributed by atoms with van der Waals surface area (Å²) in [6.45, 7) is 4.61. The number of nitrogens with zero attached hydrogens (tertiary/aromatic N) is 3. The van der Waals surface area contributed by atoms with Crippen molar-refractivity contribution in [3.8, 4) is 0 Å². The molecule has 0 spiro atoms. The predicted octanol–water partition coefficient (Wildman–Crippen LogP) is 4.16. The van der Waals surface area contributed by atoms with Gasteiger partial charge in [0.05, 0.1) is 0 Å². The number of aryl methyl sites for hydroxylation is 2. The summed E-state index contributed by atoms with van der Waals surface area (Å²) in [4.78, 5) is 28.0. The van der Waals surface area contributed by atoms with Crippen molar-refractivity contribution >= 4 is 5.91 Å². The lowest BCUT2D eigenvalue weighted by atomic mass is 9.77. The lowest BCUT2D eigenvalue weighted by molar-refractivity contribution is 0.0676. The molecule has 0 radical (unpaired) electrons. The van der Waals surface area contributed by atoms with Gasteiger partial charge in [0, 0.05) is 37.3 Å². The third-order valence-electron chi connectivity index (χ3n) is 6.42. The fraction of sp³-hybridized carbons (Fsp3) is 0.346. The number of hydrogen-bond acceptors (Lipinski definition) is 3. The summed E-state index contributed by atoms with van der Waals surface area (Å²) < 4.78 is 1.55. The van der Waals surface area contributed by atoms with Crippen molar-refractivity contribution in [2.75, 3.05) is 6.54 Å². The van der Waals surface area contributed by atoms with Crippen LogP contribution in [0, 0.1) is 12.8 Å². The van der Waals surface area contributed by atoms with Crippen molar-refractivity contribution in [2.45, 2.75) is 38.6 Å². The first-order valence-corrected chi connectivity index (χ1v) is 10.9. The lowest BCUT2D eigenvalue weighted by Gasteiger charge is -2.35. The minimum Gasteiger partial charge on any atom is -0.334 e. The first-order valence-electron chi connectivity index (χ1n) is 10.9. The highest BCUT2D eigenvalue weighted by Crippen LogP contribution is 2.38. The number of benzene rings is 2. The monoisotopic (exact) mass is 415 g/mol. The highest BCUT2D eigenvalue weighted by atomic mass is 16.2. The molecule has 5 heteroatoms. The molecule has 0 aliphatic carbocycles. The Hall–Kier alpha value is -3.21. The molecular weight excluding hydrogens is 386 g/mol. The Balaban J connectivity index is 1.70. The standard InChI is InChI=1S/C26H29N3O2/c1-18-17-28(3)27-24(25(18)30)26(31)29-16-10-15-22(29)19(2)23(20-11-6-4-7-12-20)21-13-8-5-9-14-21/h4-9,11-14,17,19,22-23H,10,15-16H2,1-3H3/t19-,22+/m0/s1. The molecular formula is C26H29N3O2. The van der Waals surface area contributed by atoms with Crippen LogP contribution in [-0.4, -0.2) is 33.2 Å². The molecule has 1 amide bonds. The molecule has 2 heterocycles. The van der Waals surface area contributed by atoms with Crippen LogP contribution in [0.1, 0.15) is 52.9 Å². The third-order valence-corrected chi connectivity index (χ3v) is 6.42. The van der Waals surface area contributed by atoms with Crippen molar-refractivity contribution in [1.29, 1.82) is 0 Å². The molecule has 1 saturated heterocycles. The minimum absolute atomic E-state index is 0.0255. The van der Waals surface area contributed by atoms with E-state index < -0.39 is 0 Å². The van der Waals surface area contributed by atoms with Crippen LogP contribution in [0.5, 0.6) is 0 Å². The number of likely N-dealkylation sites (tertiary alicyclic amines) is 1. The van der Waals surface area contributed by atoms with Gasteiger partial charge in [0.1, 0.15) is 0 Å². The zero-order valence-corrected chi connectivity index (χ0v) is 18.4. The van der Waals surface area contributed by atoms with Gasteiger partial charge in [-0.3, -0.25) is 14.3 Å². The van der Waals surface area contributed by atoms with Gasteiger partial charge in [0.2, 0.25) is 5.43 Å². The highest BCUT2D eigenvalue weighted by Gasteiger charge is 2.38. The number of hydrogen-bond donors (Lipinski definition) is 0. The number of rotatable bonds is 5. The van der Waals surface area contributed by atoms with Crippen molar-refractivity contribution < 1.29 is 4.79 Å². The SMILES string of the molecule is Cc1cn(C)nc(C(=O)N2CCC[C@@H]2[C@H](C)C(c2ccccc2)c2ccccc2)c1=O. The van der Waals surface area contributed by atoms with Gasteiger partial charge in [-0.05, 0) is 36.8 Å². The molecule has 4 rings (SSSR count). The topological polar surface area (TPSA) is 55.2 Å². The van der Waals surface area contributed by atoms with Crippen LogP contribution in [0.2, 0.25) is 0 Å². The van der Waals surface area contributed by atoms with Crippen LogP contribution in [-0.2, 0) is 7.05 Å². The predicted molar refractivity (Wildman–Crippen MR) is 122 cm³/mol. The Morgan fingerprint density at radius 2 is 1.61 bits per heavy atom. The van der Waals surface area contributed by atoms with Gasteiger partial charge in [0.15, 0.2) is 5.69 Å². The number of carbonyl (C=O) groups excluding carboxylic acids is 1. The second kappa shape index (κ2) is 8.88. The second-order valence-electron chi connectivity index (χ2n) is 8.53. The Labute approximate surface area is 183 Å². The fourth-order valence-electron chi connectivity index (χ4n) is 4.97. The average Bonchev–Trinajstić information content (AvgIpc) is 3.27. The molecule has 1 aromatic heterocycles. The normalized spacial score (nSPS) is 17.2. The number of aromatic nitrogens is 2. The molecule has 2 atom stereocenters. The van der Waals surface area contributed by atoms with Gasteiger partial charge >= 0.3 is 0 Å². The van der Waals surface area contributed by atoms with E-state index >= 15 is 0 Å². The molecule has 1 aliphatic rings. The first-order chi connectivity index (χ1) is 15.0. The van der Waals surface area contributed by atoms with Gasteiger partial charge in [0.25, 0.3) is 5.91 Å². The van der Waals surface area contributed by atoms with E-state index in [2.05, 4.69) is 60.6 Å². The van der Waals surface area contributed by atoms with E-state index in [4.69, 9.17) is 0 Å². The van der Waals surface area contributed by atoms with Crippen LogP contribution in [0.3, 0.4) is 0 Å². The van der Waals surface area contributed by atoms with E-state index in [0.29, 0.717) is 12.1 Å². The molecule has 5 nitrogen and oxygen atoms in total. The maximum Gasteiger partial charge on any atom is 0.278 e. The maximum atomic E-state index is 13.4. The van der Waals surface area contributed by atoms with E-state index in [9.17, 15) is 9.59 Å². The third kappa shape index (κ3) is 4.18. The van der Waals surface area contributed by atoms with Gasteiger partial charge in [-0.1, -0.05) is 67.6 Å². The van der Waals surface area contributed by atoms with Gasteiger partial charge in [-0.15, -0.1) is 0 Å². The summed E-state index contributed by atoms with van der Waals surface area (Å²) >= 11 is 0. The quantitative estimate of drug-likeness (QED) is 0.629. The van der Waals surface area contributed by atoms with E-state index in [1.54, 1.807) is 24.9 Å². The smallest absolute Gasteiger partial charge is 0.278 e. The van der Waals surface area contributed by atoms with Crippen molar-refractivity contribution in [3.63, 3.8) is 0 Å². The molecule has 0 N–H and O–H groups in total. The van der Waals surface area contributed by atoms with Gasteiger partial charge in [-0.2, -0.15) is 5.10 Å². The summed E-state index contributed by atoms with van der Waals surface area (Å²) in [6.07, 6.45) is 3.52. The summed E-state index contributed by atoms with van der Waals surface area (Å²) in [7, 11) is 1.74. The van der Waals surface area contributed by atoms with E-state index in [-0.39, 0.29) is 34.9 Å². The van der Waals surface area contributed by atoms with Crippen molar-refractivity contribution in [3.05, 3.63) is 99.5 Å². The van der Waals surface area contributed by atoms with E-state index in [1.807, 2.05) is 17.0 Å². The maximum absolute atomic E-state index is 13.4. The molecule has 3 aromatic rings. The molecule has 0 bridgehead atoms. The van der Waals surface area contributed by atoms with E-state index in [0.717, 1.165) is 12.8 Å². The summed E-state index contributed by atoms with van der Waals surface area (Å²) in [5.41, 5.74) is 2.77. The molecule has 31 heavy (non-hydrogen) atoms. The zero-order valence-electron chi connectivity index (χ0n) is 18.4. The molecule has 0 saturated carbocycles. The van der Waals surface area contributed by atoms with E-state index in [1.165, 1.54) is 11.1 Å². The second-order valence-corrected chi connectivity index (χ2v) is 8.53. The van der Waals surface area contributed by atoms with Crippen LogP contribution < -0.4 is 5.43 Å². The largest absolute Gasteiger partial charge is 0.334 e. The molecule has 0 unspecified atom stereocenters.